The second-order valence-electron chi connectivity index (χ2n) is 6.04. The second-order valence-corrected chi connectivity index (χ2v) is 6.04. The summed E-state index contributed by atoms with van der Waals surface area (Å²) in [6.07, 6.45) is 12.1. The predicted molar refractivity (Wildman–Crippen MR) is 63.7 cm³/mol. The zero-order valence-corrected chi connectivity index (χ0v) is 10.1. The van der Waals surface area contributed by atoms with E-state index in [1.807, 2.05) is 0 Å². The fourth-order valence-corrected chi connectivity index (χ4v) is 3.40. The van der Waals surface area contributed by atoms with Crippen LogP contribution in [-0.2, 0) is 0 Å². The van der Waals surface area contributed by atoms with E-state index >= 15 is 0 Å². The Hall–Kier alpha value is -0.0400. The highest BCUT2D eigenvalue weighted by Gasteiger charge is 2.24. The van der Waals surface area contributed by atoms with E-state index in [1.165, 1.54) is 44.9 Å². The summed E-state index contributed by atoms with van der Waals surface area (Å²) in [5.41, 5.74) is 0. The van der Waals surface area contributed by atoms with Crippen LogP contribution in [-0.4, -0.2) is 11.2 Å². The van der Waals surface area contributed by atoms with Crippen LogP contribution < -0.4 is 0 Å². The first-order valence-electron chi connectivity index (χ1n) is 6.92. The molecule has 0 aromatic rings. The van der Waals surface area contributed by atoms with Crippen LogP contribution in [0.5, 0.6) is 0 Å². The molecule has 2 unspecified atom stereocenters. The van der Waals surface area contributed by atoms with Gasteiger partial charge < -0.3 is 5.11 Å². The topological polar surface area (TPSA) is 20.2 Å². The molecule has 0 spiro atoms. The summed E-state index contributed by atoms with van der Waals surface area (Å²) < 4.78 is 0. The van der Waals surface area contributed by atoms with Crippen molar-refractivity contribution in [3.05, 3.63) is 0 Å². The number of hydrogen-bond donors (Lipinski definition) is 1. The average molecular weight is 210 g/mol. The Labute approximate surface area is 94.3 Å². The van der Waals surface area contributed by atoms with Crippen LogP contribution in [0.1, 0.15) is 64.7 Å². The lowest BCUT2D eigenvalue weighted by Crippen LogP contribution is -2.13. The number of rotatable bonds is 3. The molecule has 1 heteroatoms. The summed E-state index contributed by atoms with van der Waals surface area (Å²) in [5, 5.41) is 9.47. The molecule has 2 atom stereocenters. The van der Waals surface area contributed by atoms with Crippen molar-refractivity contribution in [3.63, 3.8) is 0 Å². The summed E-state index contributed by atoms with van der Waals surface area (Å²) >= 11 is 0. The SMILES string of the molecule is CC1CCC(CCC2CCC(O)C2)CC1. The Kier molecular flexibility index (Phi) is 4.07. The third kappa shape index (κ3) is 3.48. The fraction of sp³-hybridized carbons (Fsp3) is 1.00. The number of aliphatic hydroxyl groups is 1. The first kappa shape index (κ1) is 11.4. The molecule has 2 aliphatic rings. The van der Waals surface area contributed by atoms with Crippen LogP contribution in [0, 0.1) is 17.8 Å². The van der Waals surface area contributed by atoms with Gasteiger partial charge in [0.1, 0.15) is 0 Å². The normalized spacial score (nSPS) is 42.0. The Morgan fingerprint density at radius 2 is 1.47 bits per heavy atom. The van der Waals surface area contributed by atoms with Crippen molar-refractivity contribution in [2.45, 2.75) is 70.8 Å². The van der Waals surface area contributed by atoms with Gasteiger partial charge in [-0.2, -0.15) is 0 Å². The number of hydrogen-bond acceptors (Lipinski definition) is 1. The molecule has 0 radical (unpaired) electrons. The third-order valence-corrected chi connectivity index (χ3v) is 4.63. The van der Waals surface area contributed by atoms with Gasteiger partial charge in [-0.25, -0.2) is 0 Å². The molecular formula is C14H26O. The van der Waals surface area contributed by atoms with Crippen molar-refractivity contribution in [1.82, 2.24) is 0 Å². The highest BCUT2D eigenvalue weighted by molar-refractivity contribution is 4.77. The van der Waals surface area contributed by atoms with E-state index in [-0.39, 0.29) is 6.10 Å². The molecular weight excluding hydrogens is 184 g/mol. The van der Waals surface area contributed by atoms with Crippen LogP contribution in [0.15, 0.2) is 0 Å². The van der Waals surface area contributed by atoms with Crippen molar-refractivity contribution in [2.75, 3.05) is 0 Å². The Balaban J connectivity index is 1.61. The summed E-state index contributed by atoms with van der Waals surface area (Å²) in [6.45, 7) is 2.39. The first-order chi connectivity index (χ1) is 7.24. The monoisotopic (exact) mass is 210 g/mol. The molecule has 1 nitrogen and oxygen atoms in total. The van der Waals surface area contributed by atoms with Gasteiger partial charge in [0.15, 0.2) is 0 Å². The van der Waals surface area contributed by atoms with E-state index in [4.69, 9.17) is 0 Å². The molecule has 2 fully saturated rings. The highest BCUT2D eigenvalue weighted by Crippen LogP contribution is 2.35. The van der Waals surface area contributed by atoms with E-state index in [0.717, 1.165) is 30.6 Å². The van der Waals surface area contributed by atoms with Gasteiger partial charge in [0.2, 0.25) is 0 Å². The number of aliphatic hydroxyl groups excluding tert-OH is 1. The summed E-state index contributed by atoms with van der Waals surface area (Å²) in [7, 11) is 0. The maximum Gasteiger partial charge on any atom is 0.0543 e. The highest BCUT2D eigenvalue weighted by atomic mass is 16.3. The van der Waals surface area contributed by atoms with Crippen LogP contribution in [0.4, 0.5) is 0 Å². The van der Waals surface area contributed by atoms with Gasteiger partial charge in [-0.05, 0) is 37.0 Å². The summed E-state index contributed by atoms with van der Waals surface area (Å²) in [5.74, 6) is 2.84. The second kappa shape index (κ2) is 5.34. The minimum absolute atomic E-state index is 0.0291. The molecule has 0 aromatic heterocycles. The lowest BCUT2D eigenvalue weighted by atomic mass is 9.79. The lowest BCUT2D eigenvalue weighted by Gasteiger charge is -2.26. The van der Waals surface area contributed by atoms with Crippen molar-refractivity contribution in [2.24, 2.45) is 17.8 Å². The van der Waals surface area contributed by atoms with Crippen molar-refractivity contribution < 1.29 is 5.11 Å². The molecule has 2 saturated carbocycles. The van der Waals surface area contributed by atoms with Gasteiger partial charge in [-0.15, -0.1) is 0 Å². The van der Waals surface area contributed by atoms with Gasteiger partial charge in [-0.1, -0.05) is 45.4 Å². The molecule has 0 aliphatic heterocycles. The zero-order valence-electron chi connectivity index (χ0n) is 10.1. The quantitative estimate of drug-likeness (QED) is 0.752. The molecule has 0 heterocycles. The van der Waals surface area contributed by atoms with E-state index in [9.17, 15) is 5.11 Å². The van der Waals surface area contributed by atoms with Crippen molar-refractivity contribution in [1.29, 1.82) is 0 Å². The van der Waals surface area contributed by atoms with E-state index in [2.05, 4.69) is 6.92 Å². The molecule has 15 heavy (non-hydrogen) atoms. The molecule has 0 saturated heterocycles. The van der Waals surface area contributed by atoms with Gasteiger partial charge in [-0.3, -0.25) is 0 Å². The third-order valence-electron chi connectivity index (χ3n) is 4.63. The van der Waals surface area contributed by atoms with Crippen molar-refractivity contribution in [3.8, 4) is 0 Å². The predicted octanol–water partition coefficient (Wildman–Crippen LogP) is 3.75. The summed E-state index contributed by atoms with van der Waals surface area (Å²) in [4.78, 5) is 0. The summed E-state index contributed by atoms with van der Waals surface area (Å²) in [6, 6.07) is 0. The standard InChI is InChI=1S/C14H26O/c1-11-2-4-12(5-3-11)6-7-13-8-9-14(15)10-13/h11-15H,2-10H2,1H3. The molecule has 0 aromatic carbocycles. The van der Waals surface area contributed by atoms with Crippen molar-refractivity contribution >= 4 is 0 Å². The maximum absolute atomic E-state index is 9.47. The van der Waals surface area contributed by atoms with E-state index in [1.54, 1.807) is 0 Å². The maximum atomic E-state index is 9.47. The van der Waals surface area contributed by atoms with Crippen LogP contribution in [0.25, 0.3) is 0 Å². The molecule has 2 rings (SSSR count). The van der Waals surface area contributed by atoms with Crippen LogP contribution in [0.3, 0.4) is 0 Å². The zero-order chi connectivity index (χ0) is 10.7. The molecule has 0 bridgehead atoms. The van der Waals surface area contributed by atoms with Gasteiger partial charge in [0, 0.05) is 0 Å². The smallest absolute Gasteiger partial charge is 0.0543 e. The molecule has 88 valence electrons. The van der Waals surface area contributed by atoms with Crippen LogP contribution in [0.2, 0.25) is 0 Å². The fourth-order valence-electron chi connectivity index (χ4n) is 3.40. The average Bonchev–Trinajstić information content (AvgIpc) is 2.64. The first-order valence-corrected chi connectivity index (χ1v) is 6.92. The molecule has 2 aliphatic carbocycles. The Bertz CT molecular complexity index is 182. The molecule has 1 N–H and O–H groups in total. The Morgan fingerprint density at radius 3 is 2.07 bits per heavy atom. The Morgan fingerprint density at radius 1 is 0.867 bits per heavy atom. The minimum Gasteiger partial charge on any atom is -0.393 e. The minimum atomic E-state index is 0.0291. The van der Waals surface area contributed by atoms with Gasteiger partial charge >= 0.3 is 0 Å². The van der Waals surface area contributed by atoms with E-state index < -0.39 is 0 Å². The van der Waals surface area contributed by atoms with Crippen LogP contribution >= 0.6 is 0 Å². The lowest BCUT2D eigenvalue weighted by molar-refractivity contribution is 0.175. The van der Waals surface area contributed by atoms with E-state index in [0.29, 0.717) is 0 Å². The van der Waals surface area contributed by atoms with Gasteiger partial charge in [0.25, 0.3) is 0 Å². The molecule has 0 amide bonds. The van der Waals surface area contributed by atoms with Gasteiger partial charge in [0.05, 0.1) is 6.10 Å². The largest absolute Gasteiger partial charge is 0.393 e.